The number of hydrogen-bond donors (Lipinski definition) is 3. The molecule has 0 saturated carbocycles. The normalized spacial score (nSPS) is 12.9. The zero-order chi connectivity index (χ0) is 6.57. The third-order valence-corrected chi connectivity index (χ3v) is 0.801. The molecule has 0 fully saturated rings. The number of hydrogen-bond acceptors (Lipinski definition) is 2. The molecule has 3 nitrogen and oxygen atoms in total. The maximum atomic E-state index is 8.67. The van der Waals surface area contributed by atoms with Crippen molar-refractivity contribution in [1.29, 1.82) is 5.41 Å². The summed E-state index contributed by atoms with van der Waals surface area (Å²) in [4.78, 5) is 0. The molecule has 0 aromatic heterocycles. The largest absolute Gasteiger partial charge is 0.393 e. The van der Waals surface area contributed by atoms with E-state index in [2.05, 4.69) is 5.32 Å². The fourth-order valence-corrected chi connectivity index (χ4v) is 0.397. The Morgan fingerprint density at radius 1 is 1.88 bits per heavy atom. The van der Waals surface area contributed by atoms with E-state index in [4.69, 9.17) is 10.5 Å². The van der Waals surface area contributed by atoms with Crippen molar-refractivity contribution in [1.82, 2.24) is 5.32 Å². The summed E-state index contributed by atoms with van der Waals surface area (Å²) in [5, 5.41) is 18.3. The van der Waals surface area contributed by atoms with Crippen molar-refractivity contribution in [3.05, 3.63) is 0 Å². The summed E-state index contributed by atoms with van der Waals surface area (Å²) < 4.78 is 0. The Kier molecular flexibility index (Phi) is 3.19. The van der Waals surface area contributed by atoms with Crippen LogP contribution in [0.1, 0.15) is 13.3 Å². The van der Waals surface area contributed by atoms with Crippen LogP contribution in [0.4, 0.5) is 0 Å². The van der Waals surface area contributed by atoms with Crippen molar-refractivity contribution in [2.24, 2.45) is 0 Å². The predicted octanol–water partition coefficient (Wildman–Crippen LogP) is -0.0460. The Morgan fingerprint density at radius 2 is 2.38 bits per heavy atom. The van der Waals surface area contributed by atoms with Crippen molar-refractivity contribution in [3.8, 4) is 0 Å². The van der Waals surface area contributed by atoms with Crippen molar-refractivity contribution in [3.63, 3.8) is 0 Å². The summed E-state index contributed by atoms with van der Waals surface area (Å²) in [7, 11) is 1.67. The molecule has 1 atom stereocenters. The molecule has 0 aliphatic heterocycles. The minimum absolute atomic E-state index is 0.375. The van der Waals surface area contributed by atoms with Crippen LogP contribution < -0.4 is 5.32 Å². The first kappa shape index (κ1) is 7.43. The number of amidine groups is 1. The smallest absolute Gasteiger partial charge is 0.0954 e. The van der Waals surface area contributed by atoms with Crippen LogP contribution in [0.3, 0.4) is 0 Å². The lowest BCUT2D eigenvalue weighted by Crippen LogP contribution is -2.21. The van der Waals surface area contributed by atoms with E-state index in [1.54, 1.807) is 14.0 Å². The van der Waals surface area contributed by atoms with Gasteiger partial charge in [-0.3, -0.25) is 5.41 Å². The average molecular weight is 116 g/mol. The van der Waals surface area contributed by atoms with E-state index in [1.807, 2.05) is 0 Å². The van der Waals surface area contributed by atoms with Crippen LogP contribution in [0.2, 0.25) is 0 Å². The maximum absolute atomic E-state index is 8.67. The van der Waals surface area contributed by atoms with E-state index < -0.39 is 6.10 Å². The van der Waals surface area contributed by atoms with Gasteiger partial charge < -0.3 is 10.4 Å². The van der Waals surface area contributed by atoms with Gasteiger partial charge in [0, 0.05) is 13.5 Å². The maximum Gasteiger partial charge on any atom is 0.0954 e. The molecular formula is C5H12N2O. The van der Waals surface area contributed by atoms with Gasteiger partial charge in [-0.25, -0.2) is 0 Å². The number of aliphatic hydroxyl groups excluding tert-OH is 1. The van der Waals surface area contributed by atoms with Gasteiger partial charge in [0.15, 0.2) is 0 Å². The molecule has 3 N–H and O–H groups in total. The molecule has 48 valence electrons. The molecule has 0 bridgehead atoms. The monoisotopic (exact) mass is 116 g/mol. The summed E-state index contributed by atoms with van der Waals surface area (Å²) in [5.41, 5.74) is 0. The zero-order valence-electron chi connectivity index (χ0n) is 5.23. The van der Waals surface area contributed by atoms with Crippen molar-refractivity contribution < 1.29 is 5.11 Å². The topological polar surface area (TPSA) is 56.1 Å². The highest BCUT2D eigenvalue weighted by atomic mass is 16.3. The molecule has 0 aliphatic rings. The molecule has 0 aromatic carbocycles. The van der Waals surface area contributed by atoms with Gasteiger partial charge in [0.05, 0.1) is 11.9 Å². The Hall–Kier alpha value is -0.570. The first-order valence-corrected chi connectivity index (χ1v) is 2.60. The molecular weight excluding hydrogens is 104 g/mol. The van der Waals surface area contributed by atoms with E-state index in [1.165, 1.54) is 0 Å². The van der Waals surface area contributed by atoms with Crippen LogP contribution in [0, 0.1) is 5.41 Å². The van der Waals surface area contributed by atoms with Crippen LogP contribution in [0.25, 0.3) is 0 Å². The lowest BCUT2D eigenvalue weighted by molar-refractivity contribution is 0.202. The van der Waals surface area contributed by atoms with Crippen molar-refractivity contribution in [2.75, 3.05) is 7.05 Å². The molecule has 0 radical (unpaired) electrons. The molecule has 0 heterocycles. The molecule has 3 heteroatoms. The van der Waals surface area contributed by atoms with E-state index in [0.717, 1.165) is 0 Å². The second kappa shape index (κ2) is 3.43. The lowest BCUT2D eigenvalue weighted by atomic mass is 10.3. The van der Waals surface area contributed by atoms with Gasteiger partial charge in [0.25, 0.3) is 0 Å². The summed E-state index contributed by atoms with van der Waals surface area (Å²) >= 11 is 0. The molecule has 8 heavy (non-hydrogen) atoms. The molecule has 0 rings (SSSR count). The standard InChI is InChI=1S/C5H12N2O/c1-4(8)3-5(6)7-2/h4,8H,3H2,1-2H3,(H2,6,7). The second-order valence-electron chi connectivity index (χ2n) is 1.78. The lowest BCUT2D eigenvalue weighted by Gasteiger charge is -2.03. The van der Waals surface area contributed by atoms with Gasteiger partial charge in [-0.1, -0.05) is 0 Å². The van der Waals surface area contributed by atoms with Gasteiger partial charge in [-0.15, -0.1) is 0 Å². The third kappa shape index (κ3) is 3.61. The molecule has 0 saturated heterocycles. The Bertz CT molecular complexity index is 80.5. The Balaban J connectivity index is 3.25. The van der Waals surface area contributed by atoms with Gasteiger partial charge in [-0.2, -0.15) is 0 Å². The number of aliphatic hydroxyl groups is 1. The zero-order valence-corrected chi connectivity index (χ0v) is 5.23. The highest BCUT2D eigenvalue weighted by molar-refractivity contribution is 5.78. The van der Waals surface area contributed by atoms with Gasteiger partial charge in [0.2, 0.25) is 0 Å². The van der Waals surface area contributed by atoms with Crippen LogP contribution in [0.5, 0.6) is 0 Å². The molecule has 0 aromatic rings. The van der Waals surface area contributed by atoms with E-state index in [9.17, 15) is 0 Å². The fourth-order valence-electron chi connectivity index (χ4n) is 0.397. The summed E-state index contributed by atoms with van der Waals surface area (Å²) in [6, 6.07) is 0. The third-order valence-electron chi connectivity index (χ3n) is 0.801. The summed E-state index contributed by atoms with van der Waals surface area (Å²) in [6.07, 6.45) is 0.00574. The molecule has 0 spiro atoms. The highest BCUT2D eigenvalue weighted by Gasteiger charge is 1.97. The second-order valence-corrected chi connectivity index (χ2v) is 1.78. The predicted molar refractivity (Wildman–Crippen MR) is 33.1 cm³/mol. The van der Waals surface area contributed by atoms with E-state index in [-0.39, 0.29) is 0 Å². The highest BCUT2D eigenvalue weighted by Crippen LogP contribution is 1.86. The number of nitrogens with one attached hydrogen (secondary N) is 2. The van der Waals surface area contributed by atoms with Crippen LogP contribution in [-0.2, 0) is 0 Å². The van der Waals surface area contributed by atoms with Crippen LogP contribution in [-0.4, -0.2) is 24.1 Å². The van der Waals surface area contributed by atoms with Crippen molar-refractivity contribution in [2.45, 2.75) is 19.4 Å². The average Bonchev–Trinajstić information content (AvgIpc) is 1.65. The Morgan fingerprint density at radius 3 is 2.50 bits per heavy atom. The summed E-state index contributed by atoms with van der Waals surface area (Å²) in [6.45, 7) is 1.66. The van der Waals surface area contributed by atoms with E-state index in [0.29, 0.717) is 12.3 Å². The summed E-state index contributed by atoms with van der Waals surface area (Å²) in [5.74, 6) is 0.375. The van der Waals surface area contributed by atoms with Crippen LogP contribution in [0.15, 0.2) is 0 Å². The first-order valence-electron chi connectivity index (χ1n) is 2.60. The fraction of sp³-hybridized carbons (Fsp3) is 0.800. The molecule has 0 aliphatic carbocycles. The minimum Gasteiger partial charge on any atom is -0.393 e. The van der Waals surface area contributed by atoms with Crippen LogP contribution >= 0.6 is 0 Å². The first-order chi connectivity index (χ1) is 3.66. The van der Waals surface area contributed by atoms with Gasteiger partial charge >= 0.3 is 0 Å². The number of rotatable bonds is 2. The van der Waals surface area contributed by atoms with E-state index >= 15 is 0 Å². The minimum atomic E-state index is -0.407. The van der Waals surface area contributed by atoms with Crippen molar-refractivity contribution >= 4 is 5.84 Å². The van der Waals surface area contributed by atoms with Gasteiger partial charge in [0.1, 0.15) is 0 Å². The molecule has 0 amide bonds. The molecule has 1 unspecified atom stereocenters. The SMILES string of the molecule is CNC(=N)CC(C)O. The quantitative estimate of drug-likeness (QED) is 0.350. The Labute approximate surface area is 49.2 Å². The van der Waals surface area contributed by atoms with Gasteiger partial charge in [-0.05, 0) is 6.92 Å².